The number of hydrogen-bond acceptors (Lipinski definition) is 3. The Labute approximate surface area is 167 Å². The quantitative estimate of drug-likeness (QED) is 0.468. The van der Waals surface area contributed by atoms with Crippen LogP contribution in [0.4, 0.5) is 0 Å². The number of Topliss-reactive ketones (excluding diaryl/α,β-unsaturated/α-hetero) is 1. The molecule has 0 N–H and O–H groups in total. The molecule has 25 heavy (non-hydrogen) atoms. The standard InChI is InChI=1S/C20H30O3Si.Pd/c1-13(21)9-14-10-15-11-22-12-17(15)19-16(14)7-8-18(19)23-24(5,6)20(2,3)4;/h9-10,14,18H,7-8,11-12H2,1-6H3;. The van der Waals surface area contributed by atoms with Crippen LogP contribution in [0.15, 0.2) is 22.8 Å². The minimum Gasteiger partial charge on any atom is -0.406 e. The summed E-state index contributed by atoms with van der Waals surface area (Å²) in [6, 6.07) is 0. The molecule has 3 nitrogen and oxygen atoms in total. The van der Waals surface area contributed by atoms with Gasteiger partial charge in [0.25, 0.3) is 0 Å². The molecule has 1 heterocycles. The molecule has 2 atom stereocenters. The Hall–Kier alpha value is -0.311. The molecule has 2 aliphatic carbocycles. The molecule has 1 aliphatic heterocycles. The first-order valence-corrected chi connectivity index (χ1v) is 11.9. The molecule has 1 saturated carbocycles. The number of ketones is 1. The molecule has 0 radical (unpaired) electrons. The summed E-state index contributed by atoms with van der Waals surface area (Å²) in [6.45, 7) is 14.5. The number of ether oxygens (including phenoxy) is 1. The van der Waals surface area contributed by atoms with Crippen LogP contribution >= 0.6 is 0 Å². The van der Waals surface area contributed by atoms with E-state index >= 15 is 0 Å². The van der Waals surface area contributed by atoms with Crippen molar-refractivity contribution in [2.75, 3.05) is 13.2 Å². The van der Waals surface area contributed by atoms with Crippen LogP contribution in [0, 0.1) is 18.3 Å². The van der Waals surface area contributed by atoms with Crippen molar-refractivity contribution in [1.82, 2.24) is 0 Å². The molecule has 0 aromatic carbocycles. The third-order valence-electron chi connectivity index (χ3n) is 6.00. The second kappa shape index (κ2) is 7.37. The van der Waals surface area contributed by atoms with Crippen LogP contribution in [0.25, 0.3) is 0 Å². The molecule has 0 spiro atoms. The Morgan fingerprint density at radius 1 is 1.36 bits per heavy atom. The van der Waals surface area contributed by atoms with Crippen LogP contribution in [0.2, 0.25) is 18.1 Å². The molecule has 3 rings (SSSR count). The van der Waals surface area contributed by atoms with E-state index in [4.69, 9.17) is 9.16 Å². The summed E-state index contributed by atoms with van der Waals surface area (Å²) in [5, 5.41) is 0.200. The van der Waals surface area contributed by atoms with E-state index in [9.17, 15) is 4.79 Å². The van der Waals surface area contributed by atoms with Gasteiger partial charge in [-0.2, -0.15) is 0 Å². The van der Waals surface area contributed by atoms with E-state index in [1.165, 1.54) is 22.6 Å². The molecule has 0 aromatic heterocycles. The van der Waals surface area contributed by atoms with E-state index in [-0.39, 0.29) is 43.3 Å². The largest absolute Gasteiger partial charge is 0.406 e. The van der Waals surface area contributed by atoms with Gasteiger partial charge in [-0.15, -0.1) is 0 Å². The van der Waals surface area contributed by atoms with Crippen molar-refractivity contribution < 1.29 is 34.4 Å². The van der Waals surface area contributed by atoms with Gasteiger partial charge in [-0.25, -0.2) is 0 Å². The first-order valence-electron chi connectivity index (χ1n) is 9.01. The summed E-state index contributed by atoms with van der Waals surface area (Å²) in [4.78, 5) is 11.7. The normalized spacial score (nSPS) is 26.0. The second-order valence-corrected chi connectivity index (χ2v) is 13.6. The third-order valence-corrected chi connectivity index (χ3v) is 10.5. The fraction of sp³-hybridized carbons (Fsp3) is 0.650. The smallest absolute Gasteiger partial charge is 0.193 e. The zero-order chi connectivity index (χ0) is 17.7. The first-order chi connectivity index (χ1) is 11.1. The molecular weight excluding hydrogens is 423 g/mol. The molecule has 0 aromatic rings. The van der Waals surface area contributed by atoms with Gasteiger partial charge in [0.2, 0.25) is 0 Å². The predicted octanol–water partition coefficient (Wildman–Crippen LogP) is 4.42. The average Bonchev–Trinajstić information content (AvgIpc) is 3.02. The van der Waals surface area contributed by atoms with E-state index in [0.29, 0.717) is 13.2 Å². The fourth-order valence-corrected chi connectivity index (χ4v) is 5.02. The maximum atomic E-state index is 11.7. The van der Waals surface area contributed by atoms with Crippen molar-refractivity contribution in [2.45, 2.75) is 64.8 Å². The Morgan fingerprint density at radius 2 is 2.04 bits per heavy atom. The second-order valence-electron chi connectivity index (χ2n) is 8.81. The SMILES string of the molecule is CC(=O)[CH-]C1C=C2COCC2=C2[C+]1CCC2O[Si](C)(C)C(C)(C)C.[Pd]. The Kier molecular flexibility index (Phi) is 6.19. The minimum absolute atomic E-state index is 0. The summed E-state index contributed by atoms with van der Waals surface area (Å²) in [5.41, 5.74) is 3.96. The van der Waals surface area contributed by atoms with Crippen LogP contribution in [0.1, 0.15) is 40.5 Å². The number of carbonyl (C=O) groups is 1. The minimum atomic E-state index is -1.83. The number of rotatable bonds is 4. The molecule has 2 unspecified atom stereocenters. The van der Waals surface area contributed by atoms with Crippen molar-refractivity contribution in [3.05, 3.63) is 35.1 Å². The molecule has 3 aliphatic rings. The fourth-order valence-electron chi connectivity index (χ4n) is 3.72. The van der Waals surface area contributed by atoms with Crippen molar-refractivity contribution >= 4 is 14.1 Å². The molecule has 5 heteroatoms. The van der Waals surface area contributed by atoms with E-state index < -0.39 is 8.32 Å². The van der Waals surface area contributed by atoms with E-state index in [1.54, 1.807) is 6.92 Å². The van der Waals surface area contributed by atoms with Crippen LogP contribution < -0.4 is 0 Å². The van der Waals surface area contributed by atoms with Crippen molar-refractivity contribution in [3.8, 4) is 0 Å². The van der Waals surface area contributed by atoms with Gasteiger partial charge in [-0.05, 0) is 36.8 Å². The van der Waals surface area contributed by atoms with Crippen LogP contribution in [-0.2, 0) is 34.4 Å². The van der Waals surface area contributed by atoms with Gasteiger partial charge >= 0.3 is 0 Å². The number of fused-ring (bicyclic) bond motifs is 2. The van der Waals surface area contributed by atoms with Crippen molar-refractivity contribution in [2.24, 2.45) is 5.92 Å². The third kappa shape index (κ3) is 4.01. The predicted molar refractivity (Wildman–Crippen MR) is 98.9 cm³/mol. The van der Waals surface area contributed by atoms with E-state index in [0.717, 1.165) is 12.8 Å². The van der Waals surface area contributed by atoms with Crippen LogP contribution in [0.3, 0.4) is 0 Å². The maximum Gasteiger partial charge on any atom is 0.193 e. The van der Waals surface area contributed by atoms with Gasteiger partial charge in [-0.3, -0.25) is 6.42 Å². The zero-order valence-electron chi connectivity index (χ0n) is 16.2. The van der Waals surface area contributed by atoms with Gasteiger partial charge in [0, 0.05) is 39.2 Å². The number of carbonyl (C=O) groups excluding carboxylic acids is 1. The van der Waals surface area contributed by atoms with Gasteiger partial charge in [0.05, 0.1) is 12.2 Å². The Bertz CT molecular complexity index is 601. The number of allylic oxidation sites excluding steroid dienone is 1. The summed E-state index contributed by atoms with van der Waals surface area (Å²) in [5.74, 6) is 1.66. The van der Waals surface area contributed by atoms with E-state index in [1.807, 2.05) is 6.42 Å². The molecule has 142 valence electrons. The molecule has 0 amide bonds. The summed E-state index contributed by atoms with van der Waals surface area (Å²) in [6.07, 6.45) is 6.31. The van der Waals surface area contributed by atoms with Gasteiger partial charge < -0.3 is 14.0 Å². The van der Waals surface area contributed by atoms with Crippen molar-refractivity contribution in [3.63, 3.8) is 0 Å². The summed E-state index contributed by atoms with van der Waals surface area (Å²) >= 11 is 0. The van der Waals surface area contributed by atoms with Crippen LogP contribution in [0.5, 0.6) is 0 Å². The van der Waals surface area contributed by atoms with Gasteiger partial charge in [-0.1, -0.05) is 26.8 Å². The van der Waals surface area contributed by atoms with E-state index in [2.05, 4.69) is 39.9 Å². The van der Waals surface area contributed by atoms with Crippen molar-refractivity contribution in [1.29, 1.82) is 0 Å². The first kappa shape index (κ1) is 21.0. The van der Waals surface area contributed by atoms with Gasteiger partial charge in [0.15, 0.2) is 8.32 Å². The molecule has 1 saturated heterocycles. The monoisotopic (exact) mass is 452 g/mol. The number of hydrogen-bond donors (Lipinski definition) is 0. The maximum absolute atomic E-state index is 11.7. The summed E-state index contributed by atoms with van der Waals surface area (Å²) in [7, 11) is -1.83. The summed E-state index contributed by atoms with van der Waals surface area (Å²) < 4.78 is 12.5. The molecular formula is C20H30O3PdSi. The van der Waals surface area contributed by atoms with Crippen LogP contribution in [-0.4, -0.2) is 33.4 Å². The van der Waals surface area contributed by atoms with Gasteiger partial charge in [0.1, 0.15) is 23.9 Å². The molecule has 2 fully saturated rings. The molecule has 0 bridgehead atoms. The average molecular weight is 453 g/mol. The topological polar surface area (TPSA) is 35.5 Å². The Balaban J connectivity index is 0.00000225. The zero-order valence-corrected chi connectivity index (χ0v) is 18.7. The Morgan fingerprint density at radius 3 is 2.64 bits per heavy atom.